The van der Waals surface area contributed by atoms with Crippen LogP contribution >= 0.6 is 23.2 Å². The third kappa shape index (κ3) is 3.42. The minimum absolute atomic E-state index is 0.00283. The standard InChI is InChI=1S/C19H15Cl2F3N2O3S/c20-11-5-6-15(13(21)7-11)30(28,29)26-14-4-2-1-3-12(14)16(27)25-18-8-17(9-18,10-18)19(22,23)24/h1-7,26H,8-10H2,(H,25,27). The van der Waals surface area contributed by atoms with Gasteiger partial charge in [-0.1, -0.05) is 35.3 Å². The summed E-state index contributed by atoms with van der Waals surface area (Å²) in [6.45, 7) is 0. The first-order valence-corrected chi connectivity index (χ1v) is 11.1. The Morgan fingerprint density at radius 3 is 2.27 bits per heavy atom. The summed E-state index contributed by atoms with van der Waals surface area (Å²) in [4.78, 5) is 12.5. The number of hydrogen-bond acceptors (Lipinski definition) is 3. The van der Waals surface area contributed by atoms with E-state index in [4.69, 9.17) is 23.2 Å². The fourth-order valence-corrected chi connectivity index (χ4v) is 6.05. The molecule has 160 valence electrons. The Labute approximate surface area is 180 Å². The van der Waals surface area contributed by atoms with Crippen LogP contribution in [0.15, 0.2) is 47.4 Å². The Bertz CT molecular complexity index is 1130. The molecule has 11 heteroatoms. The van der Waals surface area contributed by atoms with Crippen molar-refractivity contribution in [3.63, 3.8) is 0 Å². The van der Waals surface area contributed by atoms with Gasteiger partial charge in [-0.25, -0.2) is 8.42 Å². The third-order valence-corrected chi connectivity index (χ3v) is 7.69. The van der Waals surface area contributed by atoms with Crippen molar-refractivity contribution in [2.24, 2.45) is 5.41 Å². The number of para-hydroxylation sites is 1. The summed E-state index contributed by atoms with van der Waals surface area (Å²) in [5, 5.41) is 2.80. The lowest BCUT2D eigenvalue weighted by atomic mass is 9.39. The molecule has 3 aliphatic carbocycles. The van der Waals surface area contributed by atoms with Crippen molar-refractivity contribution in [1.29, 1.82) is 0 Å². The Hall–Kier alpha value is -1.97. The number of rotatable bonds is 5. The minimum Gasteiger partial charge on any atom is -0.346 e. The van der Waals surface area contributed by atoms with E-state index in [0.717, 1.165) is 0 Å². The first-order chi connectivity index (χ1) is 13.9. The van der Waals surface area contributed by atoms with Crippen molar-refractivity contribution in [2.45, 2.75) is 35.9 Å². The number of carbonyl (C=O) groups is 1. The molecule has 2 N–H and O–H groups in total. The van der Waals surface area contributed by atoms with Crippen molar-refractivity contribution in [2.75, 3.05) is 4.72 Å². The number of benzene rings is 2. The van der Waals surface area contributed by atoms with Gasteiger partial charge in [0, 0.05) is 10.6 Å². The van der Waals surface area contributed by atoms with Crippen LogP contribution in [0.1, 0.15) is 29.6 Å². The van der Waals surface area contributed by atoms with E-state index in [1.807, 2.05) is 0 Å². The van der Waals surface area contributed by atoms with E-state index in [1.165, 1.54) is 42.5 Å². The lowest BCUT2D eigenvalue weighted by Gasteiger charge is -2.70. The van der Waals surface area contributed by atoms with Crippen molar-refractivity contribution in [3.8, 4) is 0 Å². The van der Waals surface area contributed by atoms with E-state index < -0.39 is 33.1 Å². The summed E-state index contributed by atoms with van der Waals surface area (Å²) in [5.74, 6) is -0.647. The molecular formula is C19H15Cl2F3N2O3S. The number of sulfonamides is 1. The van der Waals surface area contributed by atoms with Gasteiger partial charge in [0.1, 0.15) is 4.90 Å². The second kappa shape index (κ2) is 6.77. The van der Waals surface area contributed by atoms with Gasteiger partial charge in [0.25, 0.3) is 15.9 Å². The molecule has 0 aromatic heterocycles. The topological polar surface area (TPSA) is 75.3 Å². The zero-order valence-corrected chi connectivity index (χ0v) is 17.5. The molecule has 2 bridgehead atoms. The Kier molecular flexibility index (Phi) is 4.80. The highest BCUT2D eigenvalue weighted by atomic mass is 35.5. The molecule has 0 spiro atoms. The van der Waals surface area contributed by atoms with Crippen molar-refractivity contribution >= 4 is 44.8 Å². The normalized spacial score (nSPS) is 25.1. The molecule has 0 radical (unpaired) electrons. The minimum atomic E-state index is -4.29. The summed E-state index contributed by atoms with van der Waals surface area (Å²) in [6.07, 6.45) is -4.78. The third-order valence-electron chi connectivity index (χ3n) is 5.61. The van der Waals surface area contributed by atoms with Gasteiger partial charge >= 0.3 is 6.18 Å². The first kappa shape index (κ1) is 21.3. The lowest BCUT2D eigenvalue weighted by molar-refractivity contribution is -0.336. The van der Waals surface area contributed by atoms with Gasteiger partial charge in [-0.2, -0.15) is 13.2 Å². The summed E-state index contributed by atoms with van der Waals surface area (Å²) < 4.78 is 66.8. The molecule has 0 unspecified atom stereocenters. The second-order valence-electron chi connectivity index (χ2n) is 7.77. The van der Waals surface area contributed by atoms with Crippen LogP contribution in [-0.4, -0.2) is 26.0 Å². The molecule has 3 aliphatic rings. The van der Waals surface area contributed by atoms with Gasteiger partial charge in [-0.3, -0.25) is 9.52 Å². The molecule has 0 heterocycles. The number of hydrogen-bond donors (Lipinski definition) is 2. The molecule has 3 fully saturated rings. The lowest BCUT2D eigenvalue weighted by Crippen LogP contribution is -2.78. The number of amides is 1. The van der Waals surface area contributed by atoms with Gasteiger partial charge in [0.2, 0.25) is 0 Å². The highest BCUT2D eigenvalue weighted by Gasteiger charge is 2.79. The SMILES string of the molecule is O=C(NC12CC(C(F)(F)F)(C1)C2)c1ccccc1NS(=O)(=O)c1ccc(Cl)cc1Cl. The predicted molar refractivity (Wildman–Crippen MR) is 106 cm³/mol. The van der Waals surface area contributed by atoms with Gasteiger partial charge < -0.3 is 5.32 Å². The molecule has 2 aromatic carbocycles. The Balaban J connectivity index is 1.53. The fraction of sp³-hybridized carbons (Fsp3) is 0.316. The Morgan fingerprint density at radius 1 is 1.03 bits per heavy atom. The van der Waals surface area contributed by atoms with E-state index in [2.05, 4.69) is 10.0 Å². The van der Waals surface area contributed by atoms with Gasteiger partial charge in [-0.15, -0.1) is 0 Å². The molecule has 0 saturated heterocycles. The van der Waals surface area contributed by atoms with Crippen LogP contribution in [0.5, 0.6) is 0 Å². The summed E-state index contributed by atoms with van der Waals surface area (Å²) in [7, 11) is -4.14. The Morgan fingerprint density at radius 2 is 1.67 bits per heavy atom. The van der Waals surface area contributed by atoms with Crippen molar-refractivity contribution in [3.05, 3.63) is 58.1 Å². The van der Waals surface area contributed by atoms with Crippen molar-refractivity contribution in [1.82, 2.24) is 5.32 Å². The maximum atomic E-state index is 13.0. The van der Waals surface area contributed by atoms with Crippen LogP contribution in [-0.2, 0) is 10.0 Å². The smallest absolute Gasteiger partial charge is 0.346 e. The van der Waals surface area contributed by atoms with Crippen LogP contribution in [0.3, 0.4) is 0 Å². The van der Waals surface area contributed by atoms with Gasteiger partial charge in [0.05, 0.1) is 21.7 Å². The quantitative estimate of drug-likeness (QED) is 0.634. The van der Waals surface area contributed by atoms with E-state index in [1.54, 1.807) is 0 Å². The second-order valence-corrected chi connectivity index (χ2v) is 10.3. The molecular weight excluding hydrogens is 464 g/mol. The van der Waals surface area contributed by atoms with E-state index in [-0.39, 0.29) is 45.5 Å². The molecule has 2 aromatic rings. The molecule has 30 heavy (non-hydrogen) atoms. The molecule has 5 rings (SSSR count). The van der Waals surface area contributed by atoms with Crippen LogP contribution in [0.2, 0.25) is 10.0 Å². The summed E-state index contributed by atoms with van der Waals surface area (Å²) in [6, 6.07) is 9.69. The summed E-state index contributed by atoms with van der Waals surface area (Å²) in [5.41, 5.74) is -2.61. The van der Waals surface area contributed by atoms with E-state index in [9.17, 15) is 26.4 Å². The first-order valence-electron chi connectivity index (χ1n) is 8.83. The van der Waals surface area contributed by atoms with E-state index >= 15 is 0 Å². The molecule has 0 aliphatic heterocycles. The van der Waals surface area contributed by atoms with Gasteiger partial charge in [-0.05, 0) is 49.6 Å². The van der Waals surface area contributed by atoms with Crippen LogP contribution in [0, 0.1) is 5.41 Å². The van der Waals surface area contributed by atoms with Crippen LogP contribution in [0.25, 0.3) is 0 Å². The molecule has 0 atom stereocenters. The number of nitrogens with one attached hydrogen (secondary N) is 2. The number of carbonyl (C=O) groups excluding carboxylic acids is 1. The maximum absolute atomic E-state index is 13.0. The number of halogens is 5. The maximum Gasteiger partial charge on any atom is 0.394 e. The molecule has 1 amide bonds. The van der Waals surface area contributed by atoms with Crippen LogP contribution < -0.4 is 10.0 Å². The zero-order chi connectivity index (χ0) is 21.9. The molecule has 5 nitrogen and oxygen atoms in total. The zero-order valence-electron chi connectivity index (χ0n) is 15.2. The number of anilines is 1. The van der Waals surface area contributed by atoms with E-state index in [0.29, 0.717) is 0 Å². The number of alkyl halides is 3. The molecule has 3 saturated carbocycles. The largest absolute Gasteiger partial charge is 0.394 e. The van der Waals surface area contributed by atoms with Gasteiger partial charge in [0.15, 0.2) is 0 Å². The van der Waals surface area contributed by atoms with Crippen molar-refractivity contribution < 1.29 is 26.4 Å². The predicted octanol–water partition coefficient (Wildman–Crippen LogP) is 5.01. The monoisotopic (exact) mass is 478 g/mol. The fourth-order valence-electron chi connectivity index (χ4n) is 4.19. The average molecular weight is 479 g/mol. The van der Waals surface area contributed by atoms with Crippen LogP contribution in [0.4, 0.5) is 18.9 Å². The summed E-state index contributed by atoms with van der Waals surface area (Å²) >= 11 is 11.8. The highest BCUT2D eigenvalue weighted by Crippen LogP contribution is 2.73. The highest BCUT2D eigenvalue weighted by molar-refractivity contribution is 7.92. The average Bonchev–Trinajstić information content (AvgIpc) is 2.55.